The third-order valence-electron chi connectivity index (χ3n) is 2.07. The van der Waals surface area contributed by atoms with Gasteiger partial charge < -0.3 is 4.74 Å². The minimum Gasteiger partial charge on any atom is -0.485 e. The Kier molecular flexibility index (Phi) is 2.93. The molecule has 2 aromatic rings. The molecular weight excluding hydrogens is 188 g/mol. The number of rotatable bonds is 3. The van der Waals surface area contributed by atoms with Crippen molar-refractivity contribution in [2.45, 2.75) is 13.5 Å². The van der Waals surface area contributed by atoms with Gasteiger partial charge in [0.2, 0.25) is 0 Å². The second-order valence-electron chi connectivity index (χ2n) is 3.22. The summed E-state index contributed by atoms with van der Waals surface area (Å²) in [6.45, 7) is 2.42. The lowest BCUT2D eigenvalue weighted by Gasteiger charge is -2.07. The van der Waals surface area contributed by atoms with Gasteiger partial charge in [0.1, 0.15) is 12.4 Å². The molecule has 0 amide bonds. The number of para-hydroxylation sites is 1. The molecule has 1 aromatic heterocycles. The van der Waals surface area contributed by atoms with E-state index in [1.165, 1.54) is 0 Å². The molecule has 0 aliphatic carbocycles. The summed E-state index contributed by atoms with van der Waals surface area (Å²) in [5.74, 6) is 1.57. The Bertz CT molecular complexity index is 429. The minimum absolute atomic E-state index is 0.408. The molecular formula is C12H12N2O. The van der Waals surface area contributed by atoms with Crippen LogP contribution in [0, 0.1) is 6.92 Å². The lowest BCUT2D eigenvalue weighted by atomic mass is 10.2. The van der Waals surface area contributed by atoms with Crippen LogP contribution in [-0.4, -0.2) is 9.97 Å². The van der Waals surface area contributed by atoms with Crippen molar-refractivity contribution >= 4 is 0 Å². The summed E-state index contributed by atoms with van der Waals surface area (Å²) in [5, 5.41) is 0. The summed E-state index contributed by atoms with van der Waals surface area (Å²) in [7, 11) is 0. The minimum atomic E-state index is 0.408. The summed E-state index contributed by atoms with van der Waals surface area (Å²) in [5.41, 5.74) is 1.12. The maximum Gasteiger partial charge on any atom is 0.166 e. The molecule has 0 atom stereocenters. The van der Waals surface area contributed by atoms with Gasteiger partial charge in [-0.15, -0.1) is 0 Å². The predicted molar refractivity (Wildman–Crippen MR) is 57.5 cm³/mol. The lowest BCUT2D eigenvalue weighted by Crippen LogP contribution is -2.01. The fraction of sp³-hybridized carbons (Fsp3) is 0.167. The number of hydrogen-bond donors (Lipinski definition) is 0. The zero-order valence-corrected chi connectivity index (χ0v) is 8.55. The van der Waals surface area contributed by atoms with E-state index in [1.807, 2.05) is 31.2 Å². The number of aryl methyl sites for hydroxylation is 1. The van der Waals surface area contributed by atoms with Gasteiger partial charge in [-0.3, -0.25) is 0 Å². The number of benzene rings is 1. The van der Waals surface area contributed by atoms with Gasteiger partial charge in [-0.2, -0.15) is 0 Å². The van der Waals surface area contributed by atoms with Crippen molar-refractivity contribution < 1.29 is 4.74 Å². The van der Waals surface area contributed by atoms with E-state index in [2.05, 4.69) is 9.97 Å². The van der Waals surface area contributed by atoms with Gasteiger partial charge in [-0.25, -0.2) is 9.97 Å². The quantitative estimate of drug-likeness (QED) is 0.762. The van der Waals surface area contributed by atoms with Gasteiger partial charge in [-0.05, 0) is 24.6 Å². The van der Waals surface area contributed by atoms with Crippen LogP contribution in [0.5, 0.6) is 5.75 Å². The van der Waals surface area contributed by atoms with E-state index in [0.29, 0.717) is 12.4 Å². The van der Waals surface area contributed by atoms with E-state index in [0.717, 1.165) is 11.3 Å². The smallest absolute Gasteiger partial charge is 0.166 e. The maximum atomic E-state index is 5.60. The largest absolute Gasteiger partial charge is 0.485 e. The zero-order valence-electron chi connectivity index (χ0n) is 8.55. The molecule has 0 aliphatic rings. The fourth-order valence-corrected chi connectivity index (χ4v) is 1.27. The van der Waals surface area contributed by atoms with E-state index < -0.39 is 0 Å². The molecule has 1 aromatic carbocycles. The first-order chi connectivity index (χ1) is 7.36. The molecule has 76 valence electrons. The highest BCUT2D eigenvalue weighted by molar-refractivity contribution is 5.31. The second-order valence-corrected chi connectivity index (χ2v) is 3.22. The van der Waals surface area contributed by atoms with Crippen LogP contribution >= 0.6 is 0 Å². The van der Waals surface area contributed by atoms with Crippen molar-refractivity contribution in [1.82, 2.24) is 9.97 Å². The van der Waals surface area contributed by atoms with Gasteiger partial charge in [0.15, 0.2) is 5.82 Å². The van der Waals surface area contributed by atoms with Crippen LogP contribution in [0.3, 0.4) is 0 Å². The van der Waals surface area contributed by atoms with Crippen molar-refractivity contribution in [3.8, 4) is 5.75 Å². The fourth-order valence-electron chi connectivity index (χ4n) is 1.27. The normalized spacial score (nSPS) is 9.93. The Morgan fingerprint density at radius 1 is 1.07 bits per heavy atom. The zero-order chi connectivity index (χ0) is 10.5. The number of ether oxygens (including phenoxy) is 1. The first-order valence-corrected chi connectivity index (χ1v) is 4.80. The third-order valence-corrected chi connectivity index (χ3v) is 2.07. The van der Waals surface area contributed by atoms with Gasteiger partial charge in [0.25, 0.3) is 0 Å². The first-order valence-electron chi connectivity index (χ1n) is 4.80. The molecule has 0 fully saturated rings. The van der Waals surface area contributed by atoms with Crippen LogP contribution < -0.4 is 4.74 Å². The lowest BCUT2D eigenvalue weighted by molar-refractivity contribution is 0.294. The SMILES string of the molecule is Cc1ccccc1OCc1ncccn1. The first kappa shape index (κ1) is 9.65. The molecule has 0 aliphatic heterocycles. The predicted octanol–water partition coefficient (Wildman–Crippen LogP) is 2.36. The van der Waals surface area contributed by atoms with Gasteiger partial charge in [0.05, 0.1) is 0 Å². The summed E-state index contributed by atoms with van der Waals surface area (Å²) in [6, 6.07) is 9.69. The van der Waals surface area contributed by atoms with Crippen LogP contribution in [0.2, 0.25) is 0 Å². The molecule has 0 unspecified atom stereocenters. The van der Waals surface area contributed by atoms with Crippen LogP contribution in [0.4, 0.5) is 0 Å². The average molecular weight is 200 g/mol. The van der Waals surface area contributed by atoms with E-state index in [1.54, 1.807) is 18.5 Å². The number of hydrogen-bond acceptors (Lipinski definition) is 3. The Balaban J connectivity index is 2.03. The number of aromatic nitrogens is 2. The summed E-state index contributed by atoms with van der Waals surface area (Å²) < 4.78 is 5.60. The Morgan fingerprint density at radius 2 is 1.80 bits per heavy atom. The van der Waals surface area contributed by atoms with Crippen LogP contribution in [0.1, 0.15) is 11.4 Å². The second kappa shape index (κ2) is 4.55. The van der Waals surface area contributed by atoms with E-state index in [4.69, 9.17) is 4.74 Å². The highest BCUT2D eigenvalue weighted by Crippen LogP contribution is 2.16. The number of nitrogens with zero attached hydrogens (tertiary/aromatic N) is 2. The molecule has 0 radical (unpaired) electrons. The van der Waals surface area contributed by atoms with E-state index in [-0.39, 0.29) is 0 Å². The van der Waals surface area contributed by atoms with Gasteiger partial charge in [-0.1, -0.05) is 18.2 Å². The maximum absolute atomic E-state index is 5.60. The van der Waals surface area contributed by atoms with Crippen molar-refractivity contribution in [1.29, 1.82) is 0 Å². The van der Waals surface area contributed by atoms with Crippen LogP contribution in [0.25, 0.3) is 0 Å². The average Bonchev–Trinajstić information content (AvgIpc) is 2.29. The molecule has 15 heavy (non-hydrogen) atoms. The van der Waals surface area contributed by atoms with Crippen molar-refractivity contribution in [3.05, 3.63) is 54.1 Å². The Morgan fingerprint density at radius 3 is 2.53 bits per heavy atom. The highest BCUT2D eigenvalue weighted by atomic mass is 16.5. The molecule has 0 bridgehead atoms. The molecule has 3 heteroatoms. The third kappa shape index (κ3) is 2.53. The summed E-state index contributed by atoms with van der Waals surface area (Å²) in [6.07, 6.45) is 3.42. The molecule has 0 saturated heterocycles. The van der Waals surface area contributed by atoms with Gasteiger partial charge in [0, 0.05) is 12.4 Å². The van der Waals surface area contributed by atoms with Crippen molar-refractivity contribution in [2.24, 2.45) is 0 Å². The standard InChI is InChI=1S/C12H12N2O/c1-10-5-2-3-6-11(10)15-9-12-13-7-4-8-14-12/h2-8H,9H2,1H3. The molecule has 2 rings (SSSR count). The van der Waals surface area contributed by atoms with Crippen LogP contribution in [0.15, 0.2) is 42.7 Å². The topological polar surface area (TPSA) is 35.0 Å². The monoisotopic (exact) mass is 200 g/mol. The van der Waals surface area contributed by atoms with E-state index >= 15 is 0 Å². The Labute approximate surface area is 88.8 Å². The van der Waals surface area contributed by atoms with Crippen LogP contribution in [-0.2, 0) is 6.61 Å². The Hall–Kier alpha value is -1.90. The molecule has 3 nitrogen and oxygen atoms in total. The molecule has 0 spiro atoms. The summed E-state index contributed by atoms with van der Waals surface area (Å²) >= 11 is 0. The van der Waals surface area contributed by atoms with E-state index in [9.17, 15) is 0 Å². The molecule has 0 N–H and O–H groups in total. The van der Waals surface area contributed by atoms with Crippen molar-refractivity contribution in [2.75, 3.05) is 0 Å². The molecule has 1 heterocycles. The van der Waals surface area contributed by atoms with Gasteiger partial charge >= 0.3 is 0 Å². The summed E-state index contributed by atoms with van der Waals surface area (Å²) in [4.78, 5) is 8.17. The molecule has 0 saturated carbocycles. The highest BCUT2D eigenvalue weighted by Gasteiger charge is 1.99. The van der Waals surface area contributed by atoms with Crippen molar-refractivity contribution in [3.63, 3.8) is 0 Å².